The van der Waals surface area contributed by atoms with Crippen molar-refractivity contribution in [2.45, 2.75) is 44.4 Å². The van der Waals surface area contributed by atoms with Crippen molar-refractivity contribution < 1.29 is 17.6 Å². The Balaban J connectivity index is 1.17. The molecule has 234 valence electrons. The highest BCUT2D eigenvalue weighted by Gasteiger charge is 2.34. The molecule has 10 heteroatoms. The number of rotatable bonds is 7. The zero-order valence-electron chi connectivity index (χ0n) is 25.0. The van der Waals surface area contributed by atoms with Crippen LogP contribution >= 0.6 is 11.6 Å². The average Bonchev–Trinajstić information content (AvgIpc) is 3.60. The molecule has 7 nitrogen and oxygen atoms in total. The predicted molar refractivity (Wildman–Crippen MR) is 179 cm³/mol. The second kappa shape index (κ2) is 12.4. The van der Waals surface area contributed by atoms with Gasteiger partial charge in [0.05, 0.1) is 16.4 Å². The van der Waals surface area contributed by atoms with Gasteiger partial charge in [0.25, 0.3) is 5.91 Å². The van der Waals surface area contributed by atoms with Crippen LogP contribution in [0.3, 0.4) is 0 Å². The minimum absolute atomic E-state index is 0.252. The first kappa shape index (κ1) is 30.2. The summed E-state index contributed by atoms with van der Waals surface area (Å²) in [5.74, 6) is 0.384. The number of nitrogens with one attached hydrogen (secondary N) is 1. The van der Waals surface area contributed by atoms with Crippen LogP contribution in [-0.4, -0.2) is 30.4 Å². The molecule has 1 saturated heterocycles. The first-order chi connectivity index (χ1) is 22.2. The van der Waals surface area contributed by atoms with Gasteiger partial charge in [-0.1, -0.05) is 79.4 Å². The van der Waals surface area contributed by atoms with Crippen molar-refractivity contribution in [3.8, 4) is 28.1 Å². The van der Waals surface area contributed by atoms with E-state index in [2.05, 4.69) is 48.5 Å². The number of aromatic nitrogens is 2. The van der Waals surface area contributed by atoms with Crippen LogP contribution in [0.1, 0.15) is 55.0 Å². The van der Waals surface area contributed by atoms with Crippen molar-refractivity contribution >= 4 is 33.4 Å². The number of carbonyl (C=O) groups excluding carboxylic acids is 1. The van der Waals surface area contributed by atoms with Crippen LogP contribution in [0.2, 0.25) is 5.02 Å². The van der Waals surface area contributed by atoms with Gasteiger partial charge in [0.15, 0.2) is 0 Å². The molecule has 1 aliphatic carbocycles. The van der Waals surface area contributed by atoms with E-state index in [4.69, 9.17) is 16.6 Å². The van der Waals surface area contributed by atoms with E-state index in [1.807, 2.05) is 15.5 Å². The lowest BCUT2D eigenvalue weighted by Crippen LogP contribution is -2.29. The summed E-state index contributed by atoms with van der Waals surface area (Å²) in [5, 5.41) is 0.252. The van der Waals surface area contributed by atoms with Crippen LogP contribution in [0.5, 0.6) is 0 Å². The standard InChI is InChI=1S/C36H32ClFN4O3S/c37-33-21-29(38)14-19-32(33)34-22-41(30-15-17-31(18-16-30)42-23-36(43)40-46(42,44)45)35(39-34)20-24-6-8-26(9-7-24)28-12-10-27(11-13-28)25-4-2-1-3-5-25/h6-19,21-22,25H,1-5,20,23H2,(H,40,43). The van der Waals surface area contributed by atoms with Crippen molar-refractivity contribution in [1.29, 1.82) is 0 Å². The fraction of sp³-hybridized carbons (Fsp3) is 0.222. The Hall–Kier alpha value is -4.47. The average molecular weight is 655 g/mol. The molecule has 7 rings (SSSR count). The first-order valence-corrected chi connectivity index (χ1v) is 17.2. The van der Waals surface area contributed by atoms with Gasteiger partial charge in [0.2, 0.25) is 0 Å². The van der Waals surface area contributed by atoms with Crippen molar-refractivity contribution in [3.63, 3.8) is 0 Å². The highest BCUT2D eigenvalue weighted by Crippen LogP contribution is 2.34. The molecular formula is C36H32ClFN4O3S. The summed E-state index contributed by atoms with van der Waals surface area (Å²) in [6.45, 7) is -0.272. The molecule has 5 aromatic rings. The van der Waals surface area contributed by atoms with Gasteiger partial charge in [-0.2, -0.15) is 8.42 Å². The van der Waals surface area contributed by atoms with Gasteiger partial charge in [-0.05, 0) is 83.5 Å². The first-order valence-electron chi connectivity index (χ1n) is 15.4. The summed E-state index contributed by atoms with van der Waals surface area (Å²) < 4.78 is 43.4. The van der Waals surface area contributed by atoms with E-state index in [0.717, 1.165) is 26.9 Å². The molecule has 1 N–H and O–H groups in total. The van der Waals surface area contributed by atoms with Gasteiger partial charge < -0.3 is 4.57 Å². The molecule has 1 aromatic heterocycles. The van der Waals surface area contributed by atoms with E-state index in [-0.39, 0.29) is 11.6 Å². The zero-order chi connectivity index (χ0) is 31.8. The van der Waals surface area contributed by atoms with Crippen LogP contribution < -0.4 is 9.03 Å². The summed E-state index contributed by atoms with van der Waals surface area (Å²) in [6.07, 6.45) is 8.88. The Kier molecular flexibility index (Phi) is 8.13. The van der Waals surface area contributed by atoms with E-state index in [1.165, 1.54) is 55.4 Å². The minimum atomic E-state index is -3.92. The maximum Gasteiger partial charge on any atom is 0.326 e. The monoisotopic (exact) mass is 654 g/mol. The second-order valence-corrected chi connectivity index (χ2v) is 13.9. The number of anilines is 1. The lowest BCUT2D eigenvalue weighted by molar-refractivity contribution is -0.117. The fourth-order valence-electron chi connectivity index (χ4n) is 6.43. The van der Waals surface area contributed by atoms with Gasteiger partial charge in [0.1, 0.15) is 18.2 Å². The van der Waals surface area contributed by atoms with E-state index >= 15 is 0 Å². The molecule has 0 unspecified atom stereocenters. The number of carbonyl (C=O) groups is 1. The molecule has 1 amide bonds. The molecule has 0 atom stereocenters. The molecule has 46 heavy (non-hydrogen) atoms. The summed E-state index contributed by atoms with van der Waals surface area (Å²) in [5.41, 5.74) is 7.09. The van der Waals surface area contributed by atoms with Crippen LogP contribution in [0, 0.1) is 5.82 Å². The molecule has 2 fully saturated rings. The van der Waals surface area contributed by atoms with Gasteiger partial charge in [-0.25, -0.2) is 18.4 Å². The SMILES string of the molecule is O=C1CN(c2ccc(-n3cc(-c4ccc(F)cc4Cl)nc3Cc3ccc(-c4ccc(C5CCCCC5)cc4)cc3)cc2)S(=O)(=O)N1. The lowest BCUT2D eigenvalue weighted by Gasteiger charge is -2.22. The summed E-state index contributed by atoms with van der Waals surface area (Å²) >= 11 is 6.41. The van der Waals surface area contributed by atoms with Crippen LogP contribution in [-0.2, 0) is 21.4 Å². The van der Waals surface area contributed by atoms with Crippen molar-refractivity contribution in [3.05, 3.63) is 125 Å². The number of amides is 1. The minimum Gasteiger partial charge on any atom is -0.303 e. The highest BCUT2D eigenvalue weighted by atomic mass is 35.5. The molecular weight excluding hydrogens is 623 g/mol. The third-order valence-corrected chi connectivity index (χ3v) is 10.6. The molecule has 0 radical (unpaired) electrons. The van der Waals surface area contributed by atoms with E-state index in [1.54, 1.807) is 30.3 Å². The molecule has 0 spiro atoms. The Bertz CT molecular complexity index is 2000. The Morgan fingerprint density at radius 1 is 0.848 bits per heavy atom. The largest absolute Gasteiger partial charge is 0.326 e. The van der Waals surface area contributed by atoms with Crippen LogP contribution in [0.25, 0.3) is 28.1 Å². The Morgan fingerprint density at radius 2 is 1.50 bits per heavy atom. The second-order valence-electron chi connectivity index (χ2n) is 11.9. The number of nitrogens with zero attached hydrogens (tertiary/aromatic N) is 3. The Morgan fingerprint density at radius 3 is 2.13 bits per heavy atom. The fourth-order valence-corrected chi connectivity index (χ4v) is 7.84. The molecule has 1 aliphatic heterocycles. The summed E-state index contributed by atoms with van der Waals surface area (Å²) in [7, 11) is -3.92. The van der Waals surface area contributed by atoms with Crippen molar-refractivity contribution in [2.75, 3.05) is 10.8 Å². The predicted octanol–water partition coefficient (Wildman–Crippen LogP) is 7.82. The van der Waals surface area contributed by atoms with Gasteiger partial charge in [-0.15, -0.1) is 0 Å². The topological polar surface area (TPSA) is 84.3 Å². The maximum absolute atomic E-state index is 13.8. The van der Waals surface area contributed by atoms with Crippen molar-refractivity contribution in [2.24, 2.45) is 0 Å². The third-order valence-electron chi connectivity index (χ3n) is 8.86. The molecule has 2 heterocycles. The summed E-state index contributed by atoms with van der Waals surface area (Å²) in [6, 6.07) is 28.5. The zero-order valence-corrected chi connectivity index (χ0v) is 26.6. The van der Waals surface area contributed by atoms with Crippen LogP contribution in [0.15, 0.2) is 97.2 Å². The smallest absolute Gasteiger partial charge is 0.303 e. The number of imidazole rings is 1. The quantitative estimate of drug-likeness (QED) is 0.194. The number of benzene rings is 4. The molecule has 4 aromatic carbocycles. The number of halogens is 2. The summed E-state index contributed by atoms with van der Waals surface area (Å²) in [4.78, 5) is 16.6. The van der Waals surface area contributed by atoms with Gasteiger partial charge in [-0.3, -0.25) is 4.79 Å². The molecule has 1 saturated carbocycles. The van der Waals surface area contributed by atoms with E-state index in [0.29, 0.717) is 29.3 Å². The van der Waals surface area contributed by atoms with Gasteiger partial charge in [0, 0.05) is 23.9 Å². The normalized spacial score (nSPS) is 16.5. The van der Waals surface area contributed by atoms with Crippen molar-refractivity contribution in [1.82, 2.24) is 14.3 Å². The highest BCUT2D eigenvalue weighted by molar-refractivity contribution is 7.92. The molecule has 2 aliphatic rings. The number of hydrogen-bond donors (Lipinski definition) is 1. The number of hydrogen-bond acceptors (Lipinski definition) is 4. The van der Waals surface area contributed by atoms with Crippen LogP contribution in [0.4, 0.5) is 10.1 Å². The lowest BCUT2D eigenvalue weighted by atomic mass is 9.83. The van der Waals surface area contributed by atoms with E-state index in [9.17, 15) is 17.6 Å². The van der Waals surface area contributed by atoms with E-state index < -0.39 is 21.9 Å². The maximum atomic E-state index is 13.8. The third kappa shape index (κ3) is 6.17. The Labute approximate surface area is 272 Å². The van der Waals surface area contributed by atoms with Gasteiger partial charge >= 0.3 is 10.2 Å². The molecule has 0 bridgehead atoms.